The van der Waals surface area contributed by atoms with Gasteiger partial charge in [0, 0.05) is 7.11 Å². The summed E-state index contributed by atoms with van der Waals surface area (Å²) < 4.78 is 119. The summed E-state index contributed by atoms with van der Waals surface area (Å²) in [7, 11) is -11.7. The van der Waals surface area contributed by atoms with E-state index in [1.54, 1.807) is 7.11 Å². The second-order valence-corrected chi connectivity index (χ2v) is 8.57. The van der Waals surface area contributed by atoms with Crippen LogP contribution in [0.1, 0.15) is 19.8 Å². The Bertz CT molecular complexity index is 738. The lowest BCUT2D eigenvalue weighted by atomic mass is 10.3. The zero-order valence-electron chi connectivity index (χ0n) is 14.7. The predicted octanol–water partition coefficient (Wildman–Crippen LogP) is 2.28. The summed E-state index contributed by atoms with van der Waals surface area (Å²) in [6.07, 6.45) is 8.84. The third-order valence-electron chi connectivity index (χ3n) is 2.85. The van der Waals surface area contributed by atoms with Gasteiger partial charge in [0.15, 0.2) is 20.0 Å². The molecule has 1 aromatic heterocycles. The fourth-order valence-electron chi connectivity index (χ4n) is 1.45. The Balaban J connectivity index is 0.000000525. The highest BCUT2D eigenvalue weighted by molar-refractivity contribution is 8.13. The molecule has 0 fully saturated rings. The SMILES string of the molecule is CCCC[n+]1ccn(CCOC)c1.O=S(=O)([N-]S(=O)(=O)C(F)(F)F)C(F)(F)F. The van der Waals surface area contributed by atoms with E-state index in [0.29, 0.717) is 0 Å². The van der Waals surface area contributed by atoms with E-state index in [9.17, 15) is 43.2 Å². The number of unbranched alkanes of at least 4 members (excludes halogenated alkanes) is 1. The standard InChI is InChI=1S/C10H19N2O.C2F6NO4S2/c1-3-4-5-11-6-7-12(10-11)8-9-13-2;3-1(4,5)14(10,11)9-15(12,13)2(6,7)8/h6-7,10H,3-5,8-9H2,1-2H3;/q+1;-1. The molecule has 0 aliphatic heterocycles. The van der Waals surface area contributed by atoms with Crippen LogP contribution < -0.4 is 4.57 Å². The van der Waals surface area contributed by atoms with Crippen molar-refractivity contribution >= 4 is 20.0 Å². The van der Waals surface area contributed by atoms with Crippen LogP contribution in [-0.2, 0) is 37.9 Å². The van der Waals surface area contributed by atoms with Crippen molar-refractivity contribution in [2.45, 2.75) is 43.9 Å². The third kappa shape index (κ3) is 8.74. The van der Waals surface area contributed by atoms with Crippen molar-refractivity contribution in [3.63, 3.8) is 0 Å². The molecular formula is C12H19F6N3O5S2. The van der Waals surface area contributed by atoms with Crippen LogP contribution in [0.15, 0.2) is 18.7 Å². The predicted molar refractivity (Wildman–Crippen MR) is 84.7 cm³/mol. The maximum atomic E-state index is 11.4. The minimum absolute atomic E-state index is 0.778. The molecule has 28 heavy (non-hydrogen) atoms. The monoisotopic (exact) mass is 463 g/mol. The van der Waals surface area contributed by atoms with Gasteiger partial charge in [0.1, 0.15) is 18.9 Å². The largest absolute Gasteiger partial charge is 0.480 e. The lowest BCUT2D eigenvalue weighted by Gasteiger charge is -2.22. The number of ether oxygens (including phenoxy) is 1. The molecule has 0 aliphatic rings. The van der Waals surface area contributed by atoms with Gasteiger partial charge in [0.25, 0.3) is 0 Å². The average molecular weight is 463 g/mol. The Labute approximate surface area is 158 Å². The van der Waals surface area contributed by atoms with Gasteiger partial charge in [0.2, 0.25) is 6.33 Å². The summed E-state index contributed by atoms with van der Waals surface area (Å²) in [6, 6.07) is 0. The highest BCUT2D eigenvalue weighted by Crippen LogP contribution is 2.36. The Kier molecular flexibility index (Phi) is 9.89. The smallest absolute Gasteiger partial charge is 0.421 e. The van der Waals surface area contributed by atoms with Crippen molar-refractivity contribution in [1.29, 1.82) is 0 Å². The number of sulfonamides is 2. The van der Waals surface area contributed by atoms with E-state index < -0.39 is 31.1 Å². The first-order valence-corrected chi connectivity index (χ1v) is 10.4. The van der Waals surface area contributed by atoms with Gasteiger partial charge < -0.3 is 8.86 Å². The molecular weight excluding hydrogens is 444 g/mol. The highest BCUT2D eigenvalue weighted by atomic mass is 32.3. The van der Waals surface area contributed by atoms with Crippen LogP contribution in [0.2, 0.25) is 0 Å². The second-order valence-electron chi connectivity index (χ2n) is 5.15. The van der Waals surface area contributed by atoms with Crippen LogP contribution in [0.4, 0.5) is 26.3 Å². The quantitative estimate of drug-likeness (QED) is 0.435. The lowest BCUT2D eigenvalue weighted by Crippen LogP contribution is -2.30. The maximum absolute atomic E-state index is 11.4. The number of nitrogens with zero attached hydrogens (tertiary/aromatic N) is 3. The van der Waals surface area contributed by atoms with Crippen molar-refractivity contribution in [2.24, 2.45) is 0 Å². The van der Waals surface area contributed by atoms with Crippen molar-refractivity contribution in [2.75, 3.05) is 13.7 Å². The molecule has 0 aromatic carbocycles. The van der Waals surface area contributed by atoms with E-state index in [-0.39, 0.29) is 0 Å². The molecule has 0 spiro atoms. The van der Waals surface area contributed by atoms with Gasteiger partial charge in [0.05, 0.1) is 13.2 Å². The summed E-state index contributed by atoms with van der Waals surface area (Å²) in [4.78, 5) is 0. The van der Waals surface area contributed by atoms with Crippen molar-refractivity contribution in [3.8, 4) is 0 Å². The van der Waals surface area contributed by atoms with E-state index in [0.717, 1.165) is 23.8 Å². The highest BCUT2D eigenvalue weighted by Gasteiger charge is 2.46. The van der Waals surface area contributed by atoms with Crippen molar-refractivity contribution < 1.29 is 52.5 Å². The molecule has 166 valence electrons. The number of rotatable bonds is 8. The first kappa shape index (κ1) is 26.6. The summed E-state index contributed by atoms with van der Waals surface area (Å²) in [5.41, 5.74) is -12.4. The van der Waals surface area contributed by atoms with E-state index in [1.165, 1.54) is 12.8 Å². The van der Waals surface area contributed by atoms with Crippen molar-refractivity contribution in [3.05, 3.63) is 22.8 Å². The second kappa shape index (κ2) is 10.4. The van der Waals surface area contributed by atoms with Gasteiger partial charge in [-0.15, -0.1) is 0 Å². The number of imidazole rings is 1. The van der Waals surface area contributed by atoms with Crippen LogP contribution in [0.25, 0.3) is 4.13 Å². The molecule has 0 N–H and O–H groups in total. The lowest BCUT2D eigenvalue weighted by molar-refractivity contribution is -0.696. The number of aromatic nitrogens is 2. The molecule has 0 bridgehead atoms. The molecule has 0 aliphatic carbocycles. The third-order valence-corrected chi connectivity index (χ3v) is 5.59. The first-order chi connectivity index (χ1) is 12.6. The Morgan fingerprint density at radius 1 is 1.04 bits per heavy atom. The fraction of sp³-hybridized carbons (Fsp3) is 0.750. The molecule has 1 heterocycles. The summed E-state index contributed by atoms with van der Waals surface area (Å²) in [6.45, 7) is 5.05. The molecule has 0 unspecified atom stereocenters. The molecule has 8 nitrogen and oxygen atoms in total. The number of aryl methyl sites for hydroxylation is 1. The minimum atomic E-state index is -6.72. The van der Waals surface area contributed by atoms with Crippen LogP contribution in [0, 0.1) is 0 Å². The molecule has 0 saturated carbocycles. The maximum Gasteiger partial charge on any atom is 0.480 e. The molecule has 0 saturated heterocycles. The van der Waals surface area contributed by atoms with E-state index >= 15 is 0 Å². The van der Waals surface area contributed by atoms with Crippen LogP contribution >= 0.6 is 0 Å². The van der Waals surface area contributed by atoms with Gasteiger partial charge in [-0.25, -0.2) is 26.0 Å². The Hall–Kier alpha value is -1.39. The van der Waals surface area contributed by atoms with E-state index in [4.69, 9.17) is 4.74 Å². The molecule has 1 rings (SSSR count). The molecule has 1 aromatic rings. The zero-order valence-corrected chi connectivity index (χ0v) is 16.4. The molecule has 0 radical (unpaired) electrons. The minimum Gasteiger partial charge on any atom is -0.421 e. The number of alkyl halides is 6. The van der Waals surface area contributed by atoms with E-state index in [1.807, 2.05) is 0 Å². The first-order valence-electron chi connectivity index (χ1n) is 7.48. The van der Waals surface area contributed by atoms with Gasteiger partial charge in [-0.05, 0) is 6.42 Å². The van der Waals surface area contributed by atoms with Crippen LogP contribution in [0.5, 0.6) is 0 Å². The van der Waals surface area contributed by atoms with Crippen LogP contribution in [0.3, 0.4) is 0 Å². The normalized spacial score (nSPS) is 13.1. The van der Waals surface area contributed by atoms with Crippen molar-refractivity contribution in [1.82, 2.24) is 4.57 Å². The topological polar surface area (TPSA) is 100 Å². The molecule has 0 amide bonds. The summed E-state index contributed by atoms with van der Waals surface area (Å²) in [5, 5.41) is 0. The number of methoxy groups -OCH3 is 1. The Morgan fingerprint density at radius 3 is 1.93 bits per heavy atom. The van der Waals surface area contributed by atoms with Gasteiger partial charge in [-0.1, -0.05) is 13.3 Å². The summed E-state index contributed by atoms with van der Waals surface area (Å²) >= 11 is 0. The van der Waals surface area contributed by atoms with E-state index in [2.05, 4.69) is 34.8 Å². The molecule has 16 heteroatoms. The summed E-state index contributed by atoms with van der Waals surface area (Å²) in [5.74, 6) is 0. The zero-order chi connectivity index (χ0) is 22.2. The van der Waals surface area contributed by atoms with Gasteiger partial charge in [-0.3, -0.25) is 0 Å². The number of hydrogen-bond acceptors (Lipinski definition) is 5. The number of halogens is 6. The Morgan fingerprint density at radius 2 is 1.54 bits per heavy atom. The van der Waals surface area contributed by atoms with Gasteiger partial charge >= 0.3 is 11.0 Å². The van der Waals surface area contributed by atoms with Gasteiger partial charge in [-0.2, -0.15) is 26.3 Å². The fourth-order valence-corrected chi connectivity index (χ4v) is 3.16. The molecule has 0 atom stereocenters. The number of hydrogen-bond donors (Lipinski definition) is 0. The average Bonchev–Trinajstić information content (AvgIpc) is 2.96. The van der Waals surface area contributed by atoms with Crippen LogP contribution in [-0.4, -0.2) is 46.1 Å².